The van der Waals surface area contributed by atoms with Crippen LogP contribution >= 0.6 is 11.6 Å². The predicted molar refractivity (Wildman–Crippen MR) is 84.2 cm³/mol. The molecule has 1 aromatic rings. The average Bonchev–Trinajstić information content (AvgIpc) is 3.41. The molecular weight excluding hydrogens is 320 g/mol. The van der Waals surface area contributed by atoms with E-state index in [0.29, 0.717) is 22.7 Å². The number of nitrogens with one attached hydrogen (secondary N) is 2. The van der Waals surface area contributed by atoms with Crippen molar-refractivity contribution in [3.05, 3.63) is 28.8 Å². The van der Waals surface area contributed by atoms with E-state index in [9.17, 15) is 14.4 Å². The summed E-state index contributed by atoms with van der Waals surface area (Å²) in [7, 11) is 1.28. The van der Waals surface area contributed by atoms with Crippen LogP contribution < -0.4 is 10.6 Å². The fraction of sp³-hybridized carbons (Fsp3) is 0.438. The molecular formula is C16H17ClN2O4. The molecule has 0 heterocycles. The van der Waals surface area contributed by atoms with E-state index in [4.69, 9.17) is 11.6 Å². The van der Waals surface area contributed by atoms with Crippen LogP contribution in [-0.4, -0.2) is 30.9 Å². The van der Waals surface area contributed by atoms with E-state index in [1.165, 1.54) is 25.3 Å². The third-order valence-corrected chi connectivity index (χ3v) is 4.36. The summed E-state index contributed by atoms with van der Waals surface area (Å²) in [6.07, 6.45) is 2.58. The first-order valence-electron chi connectivity index (χ1n) is 7.48. The van der Waals surface area contributed by atoms with Crippen LogP contribution in [0.2, 0.25) is 5.02 Å². The molecule has 23 heavy (non-hydrogen) atoms. The Morgan fingerprint density at radius 2 is 1.87 bits per heavy atom. The second kappa shape index (κ2) is 6.20. The number of esters is 1. The minimum atomic E-state index is -0.509. The monoisotopic (exact) mass is 336 g/mol. The van der Waals surface area contributed by atoms with E-state index in [1.807, 2.05) is 0 Å². The molecule has 0 radical (unpaired) electrons. The zero-order valence-electron chi connectivity index (χ0n) is 12.6. The molecule has 2 saturated carbocycles. The smallest absolute Gasteiger partial charge is 0.337 e. The summed E-state index contributed by atoms with van der Waals surface area (Å²) in [6.45, 7) is 0. The maximum absolute atomic E-state index is 12.2. The van der Waals surface area contributed by atoms with E-state index in [2.05, 4.69) is 15.4 Å². The Bertz CT molecular complexity index is 672. The van der Waals surface area contributed by atoms with E-state index in [0.717, 1.165) is 12.8 Å². The highest BCUT2D eigenvalue weighted by Crippen LogP contribution is 2.40. The first-order chi connectivity index (χ1) is 11.0. The minimum Gasteiger partial charge on any atom is -0.465 e. The van der Waals surface area contributed by atoms with Crippen LogP contribution in [-0.2, 0) is 14.3 Å². The van der Waals surface area contributed by atoms with Gasteiger partial charge in [-0.1, -0.05) is 11.6 Å². The highest BCUT2D eigenvalue weighted by Gasteiger charge is 2.49. The van der Waals surface area contributed by atoms with Gasteiger partial charge in [-0.3, -0.25) is 9.59 Å². The van der Waals surface area contributed by atoms with Crippen molar-refractivity contribution >= 4 is 35.1 Å². The summed E-state index contributed by atoms with van der Waals surface area (Å²) in [5.41, 5.74) is 0.638. The Labute approximate surface area is 138 Å². The van der Waals surface area contributed by atoms with Crippen LogP contribution in [0.15, 0.2) is 18.2 Å². The third kappa shape index (κ3) is 3.64. The van der Waals surface area contributed by atoms with Crippen LogP contribution in [0.3, 0.4) is 0 Å². The van der Waals surface area contributed by atoms with Gasteiger partial charge in [-0.15, -0.1) is 0 Å². The van der Waals surface area contributed by atoms with Gasteiger partial charge in [-0.25, -0.2) is 4.79 Å². The first kappa shape index (κ1) is 15.8. The molecule has 2 atom stereocenters. The van der Waals surface area contributed by atoms with E-state index < -0.39 is 5.97 Å². The van der Waals surface area contributed by atoms with Crippen LogP contribution in [0.25, 0.3) is 0 Å². The van der Waals surface area contributed by atoms with E-state index >= 15 is 0 Å². The SMILES string of the molecule is COC(=O)c1ccc(Cl)c(NC(=O)C2CC2C(=O)NC2CC2)c1. The van der Waals surface area contributed by atoms with Crippen LogP contribution in [0.1, 0.15) is 29.6 Å². The second-order valence-electron chi connectivity index (χ2n) is 5.91. The van der Waals surface area contributed by atoms with Gasteiger partial charge in [0.05, 0.1) is 35.2 Å². The number of amides is 2. The zero-order chi connectivity index (χ0) is 16.6. The minimum absolute atomic E-state index is 0.0536. The van der Waals surface area contributed by atoms with Gasteiger partial charge in [0.2, 0.25) is 11.8 Å². The number of benzene rings is 1. The third-order valence-electron chi connectivity index (χ3n) is 4.03. The molecule has 1 aromatic carbocycles. The van der Waals surface area contributed by atoms with Crippen molar-refractivity contribution in [2.75, 3.05) is 12.4 Å². The Hall–Kier alpha value is -2.08. The molecule has 2 amide bonds. The van der Waals surface area contributed by atoms with Crippen molar-refractivity contribution < 1.29 is 19.1 Å². The molecule has 2 fully saturated rings. The molecule has 6 nitrogen and oxygen atoms in total. The molecule has 7 heteroatoms. The number of carbonyl (C=O) groups is 3. The quantitative estimate of drug-likeness (QED) is 0.805. The molecule has 2 unspecified atom stereocenters. The molecule has 3 rings (SSSR count). The summed E-state index contributed by atoms with van der Waals surface area (Å²) in [4.78, 5) is 35.6. The van der Waals surface area contributed by atoms with Gasteiger partial charge in [0.15, 0.2) is 0 Å². The van der Waals surface area contributed by atoms with Crippen molar-refractivity contribution in [3.8, 4) is 0 Å². The Morgan fingerprint density at radius 3 is 2.52 bits per heavy atom. The number of ether oxygens (including phenoxy) is 1. The first-order valence-corrected chi connectivity index (χ1v) is 7.86. The number of carbonyl (C=O) groups excluding carboxylic acids is 3. The van der Waals surface area contributed by atoms with Gasteiger partial charge in [-0.05, 0) is 37.5 Å². The molecule has 0 bridgehead atoms. The van der Waals surface area contributed by atoms with Crippen molar-refractivity contribution in [2.24, 2.45) is 11.8 Å². The summed E-state index contributed by atoms with van der Waals surface area (Å²) in [5.74, 6) is -1.43. The number of halogens is 1. The van der Waals surface area contributed by atoms with Crippen LogP contribution in [0.5, 0.6) is 0 Å². The average molecular weight is 337 g/mol. The largest absolute Gasteiger partial charge is 0.465 e. The maximum atomic E-state index is 12.2. The van der Waals surface area contributed by atoms with Gasteiger partial charge in [-0.2, -0.15) is 0 Å². The number of hydrogen-bond acceptors (Lipinski definition) is 4. The number of methoxy groups -OCH3 is 1. The summed E-state index contributed by atoms with van der Waals surface area (Å²) < 4.78 is 4.64. The summed E-state index contributed by atoms with van der Waals surface area (Å²) in [6, 6.07) is 4.80. The van der Waals surface area contributed by atoms with Gasteiger partial charge in [0.1, 0.15) is 0 Å². The number of hydrogen-bond donors (Lipinski definition) is 2. The molecule has 0 spiro atoms. The van der Waals surface area contributed by atoms with E-state index in [1.54, 1.807) is 0 Å². The van der Waals surface area contributed by atoms with Gasteiger partial charge < -0.3 is 15.4 Å². The highest BCUT2D eigenvalue weighted by atomic mass is 35.5. The Balaban J connectivity index is 1.62. The van der Waals surface area contributed by atoms with Gasteiger partial charge >= 0.3 is 5.97 Å². The van der Waals surface area contributed by atoms with Crippen LogP contribution in [0.4, 0.5) is 5.69 Å². The predicted octanol–water partition coefficient (Wildman–Crippen LogP) is 1.98. The normalized spacial score (nSPS) is 22.2. The summed E-state index contributed by atoms with van der Waals surface area (Å²) >= 11 is 6.04. The van der Waals surface area contributed by atoms with Crippen molar-refractivity contribution in [1.29, 1.82) is 0 Å². The number of anilines is 1. The van der Waals surface area contributed by atoms with Gasteiger partial charge in [0.25, 0.3) is 0 Å². The lowest BCUT2D eigenvalue weighted by Gasteiger charge is -2.09. The molecule has 2 N–H and O–H groups in total. The Morgan fingerprint density at radius 1 is 1.17 bits per heavy atom. The molecule has 0 saturated heterocycles. The molecule has 0 aromatic heterocycles. The fourth-order valence-corrected chi connectivity index (χ4v) is 2.57. The van der Waals surface area contributed by atoms with Gasteiger partial charge in [0, 0.05) is 6.04 Å². The van der Waals surface area contributed by atoms with E-state index in [-0.39, 0.29) is 29.7 Å². The number of rotatable bonds is 5. The van der Waals surface area contributed by atoms with Crippen molar-refractivity contribution in [3.63, 3.8) is 0 Å². The maximum Gasteiger partial charge on any atom is 0.337 e. The Kier molecular flexibility index (Phi) is 4.26. The fourth-order valence-electron chi connectivity index (χ4n) is 2.40. The lowest BCUT2D eigenvalue weighted by molar-refractivity contribution is -0.125. The lowest BCUT2D eigenvalue weighted by Crippen LogP contribution is -2.29. The van der Waals surface area contributed by atoms with Crippen molar-refractivity contribution in [1.82, 2.24) is 5.32 Å². The molecule has 2 aliphatic carbocycles. The second-order valence-corrected chi connectivity index (χ2v) is 6.31. The standard InChI is InChI=1S/C16H17ClN2O4/c1-23-16(22)8-2-5-12(17)13(6-8)19-15(21)11-7-10(11)14(20)18-9-3-4-9/h2,5-6,9-11H,3-4,7H2,1H3,(H,18,20)(H,19,21). The molecule has 122 valence electrons. The topological polar surface area (TPSA) is 84.5 Å². The van der Waals surface area contributed by atoms with Crippen LogP contribution in [0, 0.1) is 11.8 Å². The molecule has 0 aliphatic heterocycles. The summed E-state index contributed by atoms with van der Waals surface area (Å²) in [5, 5.41) is 5.91. The lowest BCUT2D eigenvalue weighted by atomic mass is 10.2. The highest BCUT2D eigenvalue weighted by molar-refractivity contribution is 6.34. The molecule has 2 aliphatic rings. The zero-order valence-corrected chi connectivity index (χ0v) is 13.4. The van der Waals surface area contributed by atoms with Crippen molar-refractivity contribution in [2.45, 2.75) is 25.3 Å².